The van der Waals surface area contributed by atoms with Crippen LogP contribution in [0.25, 0.3) is 0 Å². The summed E-state index contributed by atoms with van der Waals surface area (Å²) in [7, 11) is -3.81. The van der Waals surface area contributed by atoms with Crippen LogP contribution in [-0.4, -0.2) is 50.0 Å². The molecule has 2 aromatic carbocycles. The lowest BCUT2D eigenvalue weighted by Gasteiger charge is -2.33. The van der Waals surface area contributed by atoms with E-state index in [0.717, 1.165) is 42.7 Å². The molecule has 0 saturated heterocycles. The van der Waals surface area contributed by atoms with Crippen LogP contribution in [-0.2, 0) is 26.2 Å². The largest absolute Gasteiger partial charge is 0.352 e. The highest BCUT2D eigenvalue weighted by Gasteiger charge is 2.31. The van der Waals surface area contributed by atoms with Gasteiger partial charge in [0.25, 0.3) is 0 Å². The first-order valence-corrected chi connectivity index (χ1v) is 15.1. The lowest BCUT2D eigenvalue weighted by atomic mass is 9.95. The fourth-order valence-corrected chi connectivity index (χ4v) is 6.03. The van der Waals surface area contributed by atoms with Gasteiger partial charge in [0.05, 0.1) is 22.0 Å². The van der Waals surface area contributed by atoms with E-state index >= 15 is 0 Å². The molecule has 1 atom stereocenters. The van der Waals surface area contributed by atoms with Gasteiger partial charge in [0.2, 0.25) is 21.8 Å². The number of hydrogen-bond acceptors (Lipinski definition) is 4. The molecule has 0 bridgehead atoms. The van der Waals surface area contributed by atoms with Crippen molar-refractivity contribution in [3.05, 3.63) is 62.5 Å². The minimum absolute atomic E-state index is 0.0581. The third-order valence-electron chi connectivity index (χ3n) is 6.26. The minimum atomic E-state index is -3.81. The molecule has 1 aliphatic carbocycles. The minimum Gasteiger partial charge on any atom is -0.352 e. The lowest BCUT2D eigenvalue weighted by Crippen LogP contribution is -2.53. The van der Waals surface area contributed by atoms with E-state index in [1.807, 2.05) is 0 Å². The van der Waals surface area contributed by atoms with Crippen molar-refractivity contribution in [1.82, 2.24) is 10.2 Å². The Morgan fingerprint density at radius 1 is 1.08 bits per heavy atom. The van der Waals surface area contributed by atoms with Gasteiger partial charge in [-0.1, -0.05) is 60.7 Å². The van der Waals surface area contributed by atoms with E-state index in [-0.39, 0.29) is 18.5 Å². The van der Waals surface area contributed by atoms with E-state index in [1.165, 1.54) is 4.90 Å². The number of carbonyl (C=O) groups excluding carboxylic acids is 2. The maximum atomic E-state index is 13.6. The first kappa shape index (κ1) is 28.8. The maximum absolute atomic E-state index is 13.6. The molecule has 36 heavy (non-hydrogen) atoms. The van der Waals surface area contributed by atoms with Crippen molar-refractivity contribution in [1.29, 1.82) is 0 Å². The summed E-state index contributed by atoms with van der Waals surface area (Å²) in [5, 5.41) is 3.76. The highest BCUT2D eigenvalue weighted by Crippen LogP contribution is 2.28. The Hall–Kier alpha value is -1.81. The summed E-state index contributed by atoms with van der Waals surface area (Å²) < 4.78 is 26.9. The van der Waals surface area contributed by atoms with E-state index in [2.05, 4.69) is 21.2 Å². The molecule has 3 rings (SSSR count). The summed E-state index contributed by atoms with van der Waals surface area (Å²) in [6.45, 7) is 1.24. The van der Waals surface area contributed by atoms with Crippen LogP contribution in [0.2, 0.25) is 10.0 Å². The fourth-order valence-electron chi connectivity index (χ4n) is 4.23. The number of halogens is 3. The number of amides is 2. The third kappa shape index (κ3) is 7.60. The Labute approximate surface area is 231 Å². The Balaban J connectivity index is 1.90. The van der Waals surface area contributed by atoms with Crippen LogP contribution in [0.4, 0.5) is 5.69 Å². The van der Waals surface area contributed by atoms with Gasteiger partial charge >= 0.3 is 0 Å². The fraction of sp³-hybridized carbons (Fsp3) is 0.440. The summed E-state index contributed by atoms with van der Waals surface area (Å²) >= 11 is 15.6. The zero-order valence-corrected chi connectivity index (χ0v) is 24.1. The predicted octanol–water partition coefficient (Wildman–Crippen LogP) is 5.39. The molecule has 0 aromatic heterocycles. The molecule has 0 radical (unpaired) electrons. The van der Waals surface area contributed by atoms with E-state index in [9.17, 15) is 18.0 Å². The summed E-state index contributed by atoms with van der Waals surface area (Å²) in [6.07, 6.45) is 6.12. The van der Waals surface area contributed by atoms with E-state index in [4.69, 9.17) is 23.2 Å². The molecule has 2 aromatic rings. The van der Waals surface area contributed by atoms with Gasteiger partial charge < -0.3 is 10.2 Å². The molecule has 1 aliphatic rings. The number of anilines is 1. The van der Waals surface area contributed by atoms with Crippen molar-refractivity contribution >= 4 is 66.7 Å². The zero-order valence-electron chi connectivity index (χ0n) is 20.2. The van der Waals surface area contributed by atoms with E-state index in [1.54, 1.807) is 49.4 Å². The molecule has 0 unspecified atom stereocenters. The van der Waals surface area contributed by atoms with Crippen molar-refractivity contribution in [3.8, 4) is 0 Å². The van der Waals surface area contributed by atoms with E-state index < -0.39 is 28.5 Å². The second kappa shape index (κ2) is 12.6. The second-order valence-corrected chi connectivity index (χ2v) is 12.6. The number of nitrogens with zero attached hydrogens (tertiary/aromatic N) is 2. The highest BCUT2D eigenvalue weighted by molar-refractivity contribution is 9.10. The molecule has 1 saturated carbocycles. The molecule has 0 spiro atoms. The molecule has 7 nitrogen and oxygen atoms in total. The Bertz CT molecular complexity index is 1210. The standard InChI is InChI=1S/C25H30BrCl2N3O4S/c1-17(25(33)29-19-8-4-3-5-9-19)30(15-18-12-13-21(27)22(28)14-18)24(32)16-31(36(2,34)35)23-11-7-6-10-20(23)26/h6-7,10-14,17,19H,3-5,8-9,15-16H2,1-2H3,(H,29,33)/t17-/m1/s1. The summed E-state index contributed by atoms with van der Waals surface area (Å²) in [6, 6.07) is 11.0. The maximum Gasteiger partial charge on any atom is 0.244 e. The molecular weight excluding hydrogens is 589 g/mol. The topological polar surface area (TPSA) is 86.8 Å². The zero-order chi connectivity index (χ0) is 26.5. The van der Waals surface area contributed by atoms with Gasteiger partial charge in [0.1, 0.15) is 12.6 Å². The number of sulfonamides is 1. The Morgan fingerprint density at radius 2 is 1.75 bits per heavy atom. The van der Waals surface area contributed by atoms with Gasteiger partial charge in [-0.15, -0.1) is 0 Å². The number of nitrogens with one attached hydrogen (secondary N) is 1. The average molecular weight is 619 g/mol. The van der Waals surface area contributed by atoms with Crippen molar-refractivity contribution in [2.75, 3.05) is 17.1 Å². The van der Waals surface area contributed by atoms with Crippen LogP contribution >= 0.6 is 39.1 Å². The Kier molecular flexibility index (Phi) is 10.1. The smallest absolute Gasteiger partial charge is 0.244 e. The summed E-state index contributed by atoms with van der Waals surface area (Å²) in [4.78, 5) is 28.2. The van der Waals surface area contributed by atoms with Gasteiger partial charge in [-0.25, -0.2) is 8.42 Å². The van der Waals surface area contributed by atoms with Gasteiger partial charge in [-0.05, 0) is 65.5 Å². The first-order valence-electron chi connectivity index (χ1n) is 11.7. The van der Waals surface area contributed by atoms with E-state index in [0.29, 0.717) is 25.8 Å². The third-order valence-corrected chi connectivity index (χ3v) is 8.79. The number of hydrogen-bond donors (Lipinski definition) is 1. The lowest BCUT2D eigenvalue weighted by molar-refractivity contribution is -0.139. The normalized spacial score (nSPS) is 15.2. The molecule has 0 aliphatic heterocycles. The predicted molar refractivity (Wildman–Crippen MR) is 148 cm³/mol. The molecule has 1 N–H and O–H groups in total. The van der Waals surface area contributed by atoms with Gasteiger partial charge in [-0.3, -0.25) is 13.9 Å². The summed E-state index contributed by atoms with van der Waals surface area (Å²) in [5.74, 6) is -0.796. The first-order chi connectivity index (χ1) is 17.0. The van der Waals surface area contributed by atoms with Crippen LogP contribution < -0.4 is 9.62 Å². The number of para-hydroxylation sites is 1. The van der Waals surface area contributed by atoms with Crippen molar-refractivity contribution < 1.29 is 18.0 Å². The average Bonchev–Trinajstić information content (AvgIpc) is 2.83. The van der Waals surface area contributed by atoms with Crippen LogP contribution in [0.5, 0.6) is 0 Å². The van der Waals surface area contributed by atoms with Crippen LogP contribution in [0.15, 0.2) is 46.9 Å². The second-order valence-electron chi connectivity index (χ2n) is 9.01. The molecule has 1 fully saturated rings. The van der Waals surface area contributed by atoms with Crippen LogP contribution in [0.1, 0.15) is 44.6 Å². The van der Waals surface area contributed by atoms with Gasteiger partial charge in [-0.2, -0.15) is 0 Å². The van der Waals surface area contributed by atoms with Gasteiger partial charge in [0.15, 0.2) is 0 Å². The molecule has 2 amide bonds. The molecule has 0 heterocycles. The SMILES string of the molecule is C[C@H](C(=O)NC1CCCCC1)N(Cc1ccc(Cl)c(Cl)c1)C(=O)CN(c1ccccc1Br)S(C)(=O)=O. The van der Waals surface area contributed by atoms with Crippen molar-refractivity contribution in [2.24, 2.45) is 0 Å². The monoisotopic (exact) mass is 617 g/mol. The number of benzene rings is 2. The number of rotatable bonds is 9. The molecule has 11 heteroatoms. The van der Waals surface area contributed by atoms with Crippen molar-refractivity contribution in [3.63, 3.8) is 0 Å². The highest BCUT2D eigenvalue weighted by atomic mass is 79.9. The molecular formula is C25H30BrCl2N3O4S. The van der Waals surface area contributed by atoms with Crippen LogP contribution in [0.3, 0.4) is 0 Å². The quantitative estimate of drug-likeness (QED) is 0.408. The Morgan fingerprint density at radius 3 is 2.36 bits per heavy atom. The number of carbonyl (C=O) groups is 2. The van der Waals surface area contributed by atoms with Crippen LogP contribution in [0, 0.1) is 0 Å². The molecule has 196 valence electrons. The van der Waals surface area contributed by atoms with Crippen molar-refractivity contribution in [2.45, 2.75) is 57.7 Å². The van der Waals surface area contributed by atoms with Gasteiger partial charge in [0, 0.05) is 17.1 Å². The summed E-state index contributed by atoms with van der Waals surface area (Å²) in [5.41, 5.74) is 1.00.